The average molecular weight is 380 g/mol. The van der Waals surface area contributed by atoms with Crippen LogP contribution in [0, 0.1) is 0 Å². The number of tetrazole rings is 1. The normalized spacial score (nSPS) is 20.9. The van der Waals surface area contributed by atoms with Gasteiger partial charge in [0, 0.05) is 45.8 Å². The van der Waals surface area contributed by atoms with E-state index in [1.807, 2.05) is 9.58 Å². The second-order valence-corrected chi connectivity index (χ2v) is 7.29. The lowest BCUT2D eigenvalue weighted by Crippen LogP contribution is -2.38. The maximum absolute atomic E-state index is 12.6. The average Bonchev–Trinajstić information content (AvgIpc) is 3.34. The number of rotatable bonds is 10. The lowest BCUT2D eigenvalue weighted by Gasteiger charge is -2.26. The van der Waals surface area contributed by atoms with Crippen LogP contribution in [0.15, 0.2) is 0 Å². The van der Waals surface area contributed by atoms with Gasteiger partial charge in [-0.2, -0.15) is 0 Å². The summed E-state index contributed by atoms with van der Waals surface area (Å²) in [4.78, 5) is 16.9. The molecule has 0 spiro atoms. The highest BCUT2D eigenvalue weighted by atomic mass is 16.5. The highest BCUT2D eigenvalue weighted by Gasteiger charge is 2.22. The molecule has 1 aromatic heterocycles. The van der Waals surface area contributed by atoms with E-state index < -0.39 is 0 Å². The monoisotopic (exact) mass is 380 g/mol. The van der Waals surface area contributed by atoms with Crippen molar-refractivity contribution in [1.29, 1.82) is 0 Å². The molecule has 152 valence electrons. The van der Waals surface area contributed by atoms with E-state index in [2.05, 4.69) is 27.3 Å². The van der Waals surface area contributed by atoms with E-state index in [-0.39, 0.29) is 12.0 Å². The van der Waals surface area contributed by atoms with E-state index in [0.717, 1.165) is 84.1 Å². The SMILES string of the molecule is CCCN(C[C@@H]1CCCO1)C(=O)CCCn1nnnc1CN1CCOCC1. The van der Waals surface area contributed by atoms with Gasteiger partial charge in [-0.05, 0) is 36.1 Å². The summed E-state index contributed by atoms with van der Waals surface area (Å²) >= 11 is 0. The smallest absolute Gasteiger partial charge is 0.222 e. The number of aromatic nitrogens is 4. The third-order valence-electron chi connectivity index (χ3n) is 5.13. The third-order valence-corrected chi connectivity index (χ3v) is 5.13. The number of carbonyl (C=O) groups excluding carboxylic acids is 1. The summed E-state index contributed by atoms with van der Waals surface area (Å²) < 4.78 is 12.9. The molecule has 0 unspecified atom stereocenters. The molecular formula is C18H32N6O3. The predicted octanol–water partition coefficient (Wildman–Crippen LogP) is 0.703. The van der Waals surface area contributed by atoms with Crippen LogP contribution in [0.5, 0.6) is 0 Å². The molecule has 0 radical (unpaired) electrons. The van der Waals surface area contributed by atoms with Crippen LogP contribution in [0.4, 0.5) is 0 Å². The molecule has 3 heterocycles. The Kier molecular flexibility index (Phi) is 7.97. The molecule has 3 rings (SSSR count). The van der Waals surface area contributed by atoms with Gasteiger partial charge in [-0.1, -0.05) is 6.92 Å². The molecule has 27 heavy (non-hydrogen) atoms. The summed E-state index contributed by atoms with van der Waals surface area (Å²) in [5.41, 5.74) is 0. The second-order valence-electron chi connectivity index (χ2n) is 7.29. The quantitative estimate of drug-likeness (QED) is 0.591. The van der Waals surface area contributed by atoms with Crippen molar-refractivity contribution in [1.82, 2.24) is 30.0 Å². The number of aryl methyl sites for hydroxylation is 1. The van der Waals surface area contributed by atoms with E-state index in [1.54, 1.807) is 0 Å². The highest BCUT2D eigenvalue weighted by molar-refractivity contribution is 5.76. The van der Waals surface area contributed by atoms with Crippen LogP contribution in [0.3, 0.4) is 0 Å². The predicted molar refractivity (Wildman–Crippen MR) is 99.0 cm³/mol. The Labute approximate surface area is 161 Å². The minimum Gasteiger partial charge on any atom is -0.379 e. The first-order valence-corrected chi connectivity index (χ1v) is 10.2. The molecule has 0 aliphatic carbocycles. The largest absolute Gasteiger partial charge is 0.379 e. The van der Waals surface area contributed by atoms with Crippen molar-refractivity contribution in [3.63, 3.8) is 0 Å². The summed E-state index contributed by atoms with van der Waals surface area (Å²) in [6, 6.07) is 0. The number of morpholine rings is 1. The Morgan fingerprint density at radius 1 is 1.30 bits per heavy atom. The molecule has 9 nitrogen and oxygen atoms in total. The minimum atomic E-state index is 0.204. The number of hydrogen-bond donors (Lipinski definition) is 0. The molecule has 0 aromatic carbocycles. The minimum absolute atomic E-state index is 0.204. The Morgan fingerprint density at radius 2 is 2.15 bits per heavy atom. The van der Waals surface area contributed by atoms with Crippen molar-refractivity contribution in [2.75, 3.05) is 46.0 Å². The van der Waals surface area contributed by atoms with Gasteiger partial charge >= 0.3 is 0 Å². The van der Waals surface area contributed by atoms with Gasteiger partial charge in [0.2, 0.25) is 5.91 Å². The number of amides is 1. The third kappa shape index (κ3) is 6.22. The zero-order valence-corrected chi connectivity index (χ0v) is 16.4. The number of carbonyl (C=O) groups is 1. The van der Waals surface area contributed by atoms with Crippen LogP contribution in [0.1, 0.15) is 44.9 Å². The van der Waals surface area contributed by atoms with E-state index in [9.17, 15) is 4.79 Å². The van der Waals surface area contributed by atoms with Crippen LogP contribution >= 0.6 is 0 Å². The van der Waals surface area contributed by atoms with E-state index in [1.165, 1.54) is 0 Å². The molecule has 1 amide bonds. The van der Waals surface area contributed by atoms with Crippen molar-refractivity contribution in [2.24, 2.45) is 0 Å². The van der Waals surface area contributed by atoms with Crippen molar-refractivity contribution < 1.29 is 14.3 Å². The van der Waals surface area contributed by atoms with E-state index in [0.29, 0.717) is 13.0 Å². The van der Waals surface area contributed by atoms with Crippen molar-refractivity contribution in [3.8, 4) is 0 Å². The van der Waals surface area contributed by atoms with Crippen LogP contribution in [0.2, 0.25) is 0 Å². The Bertz CT molecular complexity index is 569. The van der Waals surface area contributed by atoms with Gasteiger partial charge in [-0.25, -0.2) is 4.68 Å². The lowest BCUT2D eigenvalue weighted by atomic mass is 10.2. The standard InChI is InChI=1S/C18H32N6O3/c1-2-7-23(14-16-5-4-11-27-16)18(25)6-3-8-24-17(19-20-21-24)15-22-9-12-26-13-10-22/h16H,2-15H2,1H3/t16-/m0/s1. The second kappa shape index (κ2) is 10.7. The summed E-state index contributed by atoms with van der Waals surface area (Å²) in [7, 11) is 0. The summed E-state index contributed by atoms with van der Waals surface area (Å²) in [6.07, 6.45) is 4.59. The topological polar surface area (TPSA) is 85.6 Å². The first kappa shape index (κ1) is 20.2. The molecule has 0 bridgehead atoms. The number of hydrogen-bond acceptors (Lipinski definition) is 7. The van der Waals surface area contributed by atoms with Crippen LogP contribution in [-0.2, 0) is 27.4 Å². The van der Waals surface area contributed by atoms with E-state index >= 15 is 0 Å². The zero-order chi connectivity index (χ0) is 18.9. The fraction of sp³-hybridized carbons (Fsp3) is 0.889. The molecule has 2 saturated heterocycles. The van der Waals surface area contributed by atoms with Crippen molar-refractivity contribution in [3.05, 3.63) is 5.82 Å². The Balaban J connectivity index is 1.43. The molecule has 0 saturated carbocycles. The van der Waals surface area contributed by atoms with Gasteiger partial charge in [-0.15, -0.1) is 5.10 Å². The summed E-state index contributed by atoms with van der Waals surface area (Å²) in [5, 5.41) is 12.1. The molecule has 1 atom stereocenters. The van der Waals surface area contributed by atoms with Crippen LogP contribution in [-0.4, -0.2) is 88.0 Å². The molecular weight excluding hydrogens is 348 g/mol. The molecule has 9 heteroatoms. The van der Waals surface area contributed by atoms with Crippen LogP contribution in [0.25, 0.3) is 0 Å². The summed E-state index contributed by atoms with van der Waals surface area (Å²) in [5.74, 6) is 1.06. The first-order valence-electron chi connectivity index (χ1n) is 10.2. The maximum atomic E-state index is 12.6. The van der Waals surface area contributed by atoms with Gasteiger partial charge in [0.25, 0.3) is 0 Å². The van der Waals surface area contributed by atoms with Crippen molar-refractivity contribution in [2.45, 2.75) is 58.2 Å². The lowest BCUT2D eigenvalue weighted by molar-refractivity contribution is -0.133. The van der Waals surface area contributed by atoms with Gasteiger partial charge in [0.05, 0.1) is 25.9 Å². The highest BCUT2D eigenvalue weighted by Crippen LogP contribution is 2.14. The molecule has 2 fully saturated rings. The molecule has 2 aliphatic heterocycles. The Morgan fingerprint density at radius 3 is 2.89 bits per heavy atom. The first-order chi connectivity index (χ1) is 13.3. The van der Waals surface area contributed by atoms with Crippen LogP contribution < -0.4 is 0 Å². The maximum Gasteiger partial charge on any atom is 0.222 e. The summed E-state index contributed by atoms with van der Waals surface area (Å²) in [6.45, 7) is 9.16. The molecule has 2 aliphatic rings. The fourth-order valence-electron chi connectivity index (χ4n) is 3.63. The van der Waals surface area contributed by atoms with Gasteiger partial charge < -0.3 is 14.4 Å². The van der Waals surface area contributed by atoms with Gasteiger partial charge in [0.1, 0.15) is 0 Å². The van der Waals surface area contributed by atoms with Gasteiger partial charge in [-0.3, -0.25) is 9.69 Å². The number of nitrogens with zero attached hydrogens (tertiary/aromatic N) is 6. The number of ether oxygens (including phenoxy) is 2. The van der Waals surface area contributed by atoms with E-state index in [4.69, 9.17) is 9.47 Å². The zero-order valence-electron chi connectivity index (χ0n) is 16.4. The fourth-order valence-corrected chi connectivity index (χ4v) is 3.63. The van der Waals surface area contributed by atoms with Gasteiger partial charge in [0.15, 0.2) is 5.82 Å². The molecule has 1 aromatic rings. The molecule has 0 N–H and O–H groups in total. The van der Waals surface area contributed by atoms with Crippen molar-refractivity contribution >= 4 is 5.91 Å². The Hall–Kier alpha value is -1.58.